The minimum Gasteiger partial charge on any atom is -0.494 e. The number of amides is 1. The fraction of sp³-hybridized carbons (Fsp3) is 0.200. The lowest BCUT2D eigenvalue weighted by molar-refractivity contribution is 0.0985. The molecule has 3 aromatic carbocycles. The summed E-state index contributed by atoms with van der Waals surface area (Å²) >= 11 is 1.49. The maximum Gasteiger partial charge on any atom is 0.260 e. The van der Waals surface area contributed by atoms with Crippen LogP contribution < -0.4 is 14.4 Å². The number of carbonyl (C=O) groups is 1. The van der Waals surface area contributed by atoms with Crippen molar-refractivity contribution in [2.45, 2.75) is 0 Å². The first-order chi connectivity index (χ1) is 15.5. The molecule has 0 aliphatic heterocycles. The molecule has 0 spiro atoms. The van der Waals surface area contributed by atoms with Crippen LogP contribution in [0.1, 0.15) is 10.4 Å². The van der Waals surface area contributed by atoms with E-state index in [2.05, 4.69) is 0 Å². The van der Waals surface area contributed by atoms with Gasteiger partial charge in [0.1, 0.15) is 22.8 Å². The maximum absolute atomic E-state index is 13.5. The predicted molar refractivity (Wildman–Crippen MR) is 129 cm³/mol. The minimum atomic E-state index is -0.101. The van der Waals surface area contributed by atoms with Crippen molar-refractivity contribution < 1.29 is 14.3 Å². The fourth-order valence-corrected chi connectivity index (χ4v) is 4.23. The number of hydrogen-bond donors (Lipinski definition) is 0. The van der Waals surface area contributed by atoms with E-state index in [1.54, 1.807) is 24.1 Å². The molecule has 0 radical (unpaired) electrons. The van der Waals surface area contributed by atoms with Crippen molar-refractivity contribution in [3.8, 4) is 17.2 Å². The van der Waals surface area contributed by atoms with E-state index in [9.17, 15) is 4.79 Å². The van der Waals surface area contributed by atoms with Crippen molar-refractivity contribution in [3.63, 3.8) is 0 Å². The van der Waals surface area contributed by atoms with Crippen LogP contribution in [0.15, 0.2) is 72.8 Å². The van der Waals surface area contributed by atoms with E-state index < -0.39 is 0 Å². The van der Waals surface area contributed by atoms with Crippen molar-refractivity contribution in [1.29, 1.82) is 0 Å². The van der Waals surface area contributed by atoms with Gasteiger partial charge in [0.15, 0.2) is 5.13 Å². The second kappa shape index (κ2) is 9.80. The molecular weight excluding hydrogens is 422 g/mol. The molecule has 1 amide bonds. The first-order valence-electron chi connectivity index (χ1n) is 10.3. The third kappa shape index (κ3) is 4.90. The van der Waals surface area contributed by atoms with Crippen LogP contribution in [0.5, 0.6) is 17.2 Å². The Labute approximate surface area is 191 Å². The number of para-hydroxylation sites is 2. The number of aromatic nitrogens is 1. The number of carbonyl (C=O) groups excluding carboxylic acids is 1. The number of likely N-dealkylation sites (N-methyl/N-ethyl adjacent to an activating group) is 1. The average Bonchev–Trinajstić information content (AvgIpc) is 3.24. The van der Waals surface area contributed by atoms with Crippen LogP contribution in [0.25, 0.3) is 10.2 Å². The van der Waals surface area contributed by atoms with Gasteiger partial charge in [-0.2, -0.15) is 0 Å². The molecule has 6 nitrogen and oxygen atoms in total. The van der Waals surface area contributed by atoms with Crippen molar-refractivity contribution in [2.75, 3.05) is 39.2 Å². The SMILES string of the molecule is COc1cccc2sc(N(CCN(C)C)C(=O)c3ccc(Oc4ccccc4)cc3)nc12. The summed E-state index contributed by atoms with van der Waals surface area (Å²) in [5, 5.41) is 0.654. The molecule has 0 bridgehead atoms. The summed E-state index contributed by atoms with van der Waals surface area (Å²) < 4.78 is 12.3. The number of ether oxygens (including phenoxy) is 2. The molecule has 0 unspecified atom stereocenters. The standard InChI is InChI=1S/C25H25N3O3S/c1-27(2)16-17-28(25-26-23-21(30-3)10-7-11-22(23)32-25)24(29)18-12-14-20(15-13-18)31-19-8-5-4-6-9-19/h4-15H,16-17H2,1-3H3. The number of nitrogens with zero attached hydrogens (tertiary/aromatic N) is 3. The number of fused-ring (bicyclic) bond motifs is 1. The molecule has 0 aliphatic rings. The van der Waals surface area contributed by atoms with Crippen LogP contribution in [0.4, 0.5) is 5.13 Å². The Bertz CT molecular complexity index is 1190. The lowest BCUT2D eigenvalue weighted by Crippen LogP contribution is -2.36. The molecule has 0 aliphatic carbocycles. The van der Waals surface area contributed by atoms with Gasteiger partial charge in [0.25, 0.3) is 5.91 Å². The molecule has 4 aromatic rings. The quantitative estimate of drug-likeness (QED) is 0.367. The van der Waals surface area contributed by atoms with Crippen molar-refractivity contribution in [1.82, 2.24) is 9.88 Å². The Morgan fingerprint density at radius 2 is 1.62 bits per heavy atom. The highest BCUT2D eigenvalue weighted by atomic mass is 32.1. The van der Waals surface area contributed by atoms with E-state index in [4.69, 9.17) is 14.5 Å². The van der Waals surface area contributed by atoms with Crippen molar-refractivity contribution in [3.05, 3.63) is 78.4 Å². The zero-order chi connectivity index (χ0) is 22.5. The normalized spacial score (nSPS) is 11.0. The van der Waals surface area contributed by atoms with Gasteiger partial charge in [-0.15, -0.1) is 0 Å². The predicted octanol–water partition coefficient (Wildman–Crippen LogP) is 5.31. The lowest BCUT2D eigenvalue weighted by Gasteiger charge is -2.22. The second-order valence-corrected chi connectivity index (χ2v) is 8.51. The first kappa shape index (κ1) is 21.8. The molecule has 4 rings (SSSR count). The number of methoxy groups -OCH3 is 1. The highest BCUT2D eigenvalue weighted by Gasteiger charge is 2.22. The zero-order valence-corrected chi connectivity index (χ0v) is 19.1. The van der Waals surface area contributed by atoms with Gasteiger partial charge in [0.05, 0.1) is 11.8 Å². The molecule has 1 aromatic heterocycles. The summed E-state index contributed by atoms with van der Waals surface area (Å²) in [5.74, 6) is 2.03. The van der Waals surface area contributed by atoms with Crippen LogP contribution >= 0.6 is 11.3 Å². The zero-order valence-electron chi connectivity index (χ0n) is 18.3. The van der Waals surface area contributed by atoms with Gasteiger partial charge in [-0.25, -0.2) is 4.98 Å². The summed E-state index contributed by atoms with van der Waals surface area (Å²) in [4.78, 5) is 22.0. The van der Waals surface area contributed by atoms with Crippen LogP contribution in [0, 0.1) is 0 Å². The van der Waals surface area contributed by atoms with Crippen LogP contribution in [0.3, 0.4) is 0 Å². The molecule has 0 saturated heterocycles. The van der Waals surface area contributed by atoms with Crippen molar-refractivity contribution in [2.24, 2.45) is 0 Å². The van der Waals surface area contributed by atoms with E-state index >= 15 is 0 Å². The Morgan fingerprint density at radius 3 is 2.31 bits per heavy atom. The Morgan fingerprint density at radius 1 is 0.906 bits per heavy atom. The summed E-state index contributed by atoms with van der Waals surface area (Å²) in [6.07, 6.45) is 0. The first-order valence-corrected chi connectivity index (χ1v) is 11.1. The minimum absolute atomic E-state index is 0.101. The van der Waals surface area contributed by atoms with E-state index in [0.717, 1.165) is 16.0 Å². The Balaban J connectivity index is 1.61. The van der Waals surface area contributed by atoms with Crippen LogP contribution in [-0.4, -0.2) is 50.1 Å². The number of thiazole rings is 1. The van der Waals surface area contributed by atoms with Crippen LogP contribution in [0.2, 0.25) is 0 Å². The van der Waals surface area contributed by atoms with Gasteiger partial charge < -0.3 is 14.4 Å². The summed E-state index contributed by atoms with van der Waals surface area (Å²) in [6, 6.07) is 22.6. The third-order valence-electron chi connectivity index (χ3n) is 4.92. The van der Waals surface area contributed by atoms with Gasteiger partial charge >= 0.3 is 0 Å². The van der Waals surface area contributed by atoms with Gasteiger partial charge in [0, 0.05) is 18.7 Å². The largest absolute Gasteiger partial charge is 0.494 e. The Hall–Kier alpha value is -3.42. The molecule has 1 heterocycles. The summed E-state index contributed by atoms with van der Waals surface area (Å²) in [6.45, 7) is 1.24. The monoisotopic (exact) mass is 447 g/mol. The molecule has 164 valence electrons. The Kier molecular flexibility index (Phi) is 6.68. The average molecular weight is 448 g/mol. The van der Waals surface area contributed by atoms with E-state index in [1.165, 1.54) is 11.3 Å². The highest BCUT2D eigenvalue weighted by molar-refractivity contribution is 7.22. The van der Waals surface area contributed by atoms with E-state index in [-0.39, 0.29) is 5.91 Å². The van der Waals surface area contributed by atoms with E-state index in [1.807, 2.05) is 79.7 Å². The van der Waals surface area contributed by atoms with Crippen molar-refractivity contribution >= 4 is 32.6 Å². The van der Waals surface area contributed by atoms with Gasteiger partial charge in [-0.1, -0.05) is 35.6 Å². The maximum atomic E-state index is 13.5. The number of benzene rings is 3. The fourth-order valence-electron chi connectivity index (χ4n) is 3.22. The molecule has 0 atom stereocenters. The summed E-state index contributed by atoms with van der Waals surface area (Å²) in [7, 11) is 5.60. The number of rotatable bonds is 8. The van der Waals surface area contributed by atoms with Gasteiger partial charge in [-0.3, -0.25) is 9.69 Å². The highest BCUT2D eigenvalue weighted by Crippen LogP contribution is 2.34. The van der Waals surface area contributed by atoms with Gasteiger partial charge in [-0.05, 0) is 62.6 Å². The number of hydrogen-bond acceptors (Lipinski definition) is 6. The van der Waals surface area contributed by atoms with E-state index in [0.29, 0.717) is 35.3 Å². The van der Waals surface area contributed by atoms with Gasteiger partial charge in [0.2, 0.25) is 0 Å². The molecule has 32 heavy (non-hydrogen) atoms. The second-order valence-electron chi connectivity index (χ2n) is 7.50. The smallest absolute Gasteiger partial charge is 0.260 e. The number of anilines is 1. The lowest BCUT2D eigenvalue weighted by atomic mass is 10.2. The third-order valence-corrected chi connectivity index (χ3v) is 5.96. The summed E-state index contributed by atoms with van der Waals surface area (Å²) in [5.41, 5.74) is 1.35. The molecule has 0 saturated carbocycles. The molecular formula is C25H25N3O3S. The molecule has 0 N–H and O–H groups in total. The molecule has 7 heteroatoms. The topological polar surface area (TPSA) is 54.9 Å². The van der Waals surface area contributed by atoms with Crippen LogP contribution in [-0.2, 0) is 0 Å². The molecule has 0 fully saturated rings.